The molecule has 6 nitrogen and oxygen atoms in total. The third-order valence-electron chi connectivity index (χ3n) is 3.59. The molecule has 0 radical (unpaired) electrons. The summed E-state index contributed by atoms with van der Waals surface area (Å²) in [7, 11) is 3.78. The molecule has 6 heteroatoms. The molecule has 2 unspecified atom stereocenters. The maximum absolute atomic E-state index is 9.64. The zero-order valence-electron chi connectivity index (χ0n) is 14.7. The van der Waals surface area contributed by atoms with Gasteiger partial charge in [-0.1, -0.05) is 30.3 Å². The van der Waals surface area contributed by atoms with Gasteiger partial charge >= 0.3 is 0 Å². The first kappa shape index (κ1) is 18.2. The minimum Gasteiger partial charge on any atom is -0.392 e. The Morgan fingerprint density at radius 3 is 1.75 bits per heavy atom. The van der Waals surface area contributed by atoms with E-state index in [1.807, 2.05) is 60.3 Å². The molecule has 0 aliphatic rings. The Balaban J connectivity index is 2.43. The number of nitrogens with zero attached hydrogens (tertiary/aromatic N) is 4. The molecule has 1 aromatic carbocycles. The van der Waals surface area contributed by atoms with Gasteiger partial charge in [0, 0.05) is 38.8 Å². The first-order chi connectivity index (χ1) is 11.4. The molecule has 0 saturated carbocycles. The number of hydrogen-bond donors (Lipinski definition) is 2. The Kier molecular flexibility index (Phi) is 6.11. The monoisotopic (exact) mass is 330 g/mol. The quantitative estimate of drug-likeness (QED) is 0.806. The van der Waals surface area contributed by atoms with Gasteiger partial charge in [0.25, 0.3) is 0 Å². The van der Waals surface area contributed by atoms with Crippen molar-refractivity contribution < 1.29 is 10.2 Å². The van der Waals surface area contributed by atoms with E-state index in [9.17, 15) is 10.2 Å². The van der Waals surface area contributed by atoms with Crippen molar-refractivity contribution in [3.05, 3.63) is 36.4 Å². The summed E-state index contributed by atoms with van der Waals surface area (Å²) in [5, 5.41) is 19.3. The van der Waals surface area contributed by atoms with Crippen molar-refractivity contribution in [1.82, 2.24) is 9.97 Å². The van der Waals surface area contributed by atoms with E-state index in [2.05, 4.69) is 9.97 Å². The first-order valence-corrected chi connectivity index (χ1v) is 8.09. The topological polar surface area (TPSA) is 72.7 Å². The lowest BCUT2D eigenvalue weighted by molar-refractivity contribution is 0.201. The average Bonchev–Trinajstić information content (AvgIpc) is 2.54. The normalized spacial score (nSPS) is 13.4. The van der Waals surface area contributed by atoms with Gasteiger partial charge < -0.3 is 20.0 Å². The van der Waals surface area contributed by atoms with E-state index in [0.717, 1.165) is 17.2 Å². The number of benzene rings is 1. The van der Waals surface area contributed by atoms with Crippen LogP contribution in [0.3, 0.4) is 0 Å². The van der Waals surface area contributed by atoms with Crippen molar-refractivity contribution in [2.45, 2.75) is 26.1 Å². The second kappa shape index (κ2) is 8.08. The van der Waals surface area contributed by atoms with Crippen molar-refractivity contribution in [3.8, 4) is 11.4 Å². The predicted molar refractivity (Wildman–Crippen MR) is 97.4 cm³/mol. The molecule has 0 fully saturated rings. The van der Waals surface area contributed by atoms with E-state index in [-0.39, 0.29) is 0 Å². The lowest BCUT2D eigenvalue weighted by Gasteiger charge is -2.24. The molecule has 1 heterocycles. The van der Waals surface area contributed by atoms with Gasteiger partial charge in [0.1, 0.15) is 11.6 Å². The smallest absolute Gasteiger partial charge is 0.163 e. The molecule has 2 atom stereocenters. The number of hydrogen-bond acceptors (Lipinski definition) is 6. The van der Waals surface area contributed by atoms with E-state index in [0.29, 0.717) is 18.9 Å². The second-order valence-corrected chi connectivity index (χ2v) is 6.23. The van der Waals surface area contributed by atoms with Crippen LogP contribution in [0, 0.1) is 0 Å². The summed E-state index contributed by atoms with van der Waals surface area (Å²) in [6.07, 6.45) is -0.910. The molecule has 0 amide bonds. The van der Waals surface area contributed by atoms with Crippen molar-refractivity contribution in [2.75, 3.05) is 37.0 Å². The molecule has 0 spiro atoms. The van der Waals surface area contributed by atoms with Crippen molar-refractivity contribution >= 4 is 11.6 Å². The van der Waals surface area contributed by atoms with Crippen LogP contribution in [0.15, 0.2) is 36.4 Å². The van der Waals surface area contributed by atoms with Crippen LogP contribution in [0.4, 0.5) is 11.6 Å². The molecule has 1 aromatic heterocycles. The van der Waals surface area contributed by atoms with Crippen molar-refractivity contribution in [2.24, 2.45) is 0 Å². The SMILES string of the molecule is CC(O)CN(C)c1cc(N(C)CC(C)O)nc(-c2ccccc2)n1. The van der Waals surface area contributed by atoms with Crippen LogP contribution in [0.5, 0.6) is 0 Å². The summed E-state index contributed by atoms with van der Waals surface area (Å²) in [5.41, 5.74) is 0.927. The largest absolute Gasteiger partial charge is 0.392 e. The molecule has 0 bridgehead atoms. The fourth-order valence-corrected chi connectivity index (χ4v) is 2.51. The molecular weight excluding hydrogens is 304 g/mol. The summed E-state index contributed by atoms with van der Waals surface area (Å²) in [4.78, 5) is 13.1. The van der Waals surface area contributed by atoms with E-state index < -0.39 is 12.2 Å². The van der Waals surface area contributed by atoms with E-state index in [4.69, 9.17) is 0 Å². The van der Waals surface area contributed by atoms with Crippen LogP contribution < -0.4 is 9.80 Å². The number of anilines is 2. The summed E-state index contributed by atoms with van der Waals surface area (Å²) in [5.74, 6) is 2.09. The highest BCUT2D eigenvalue weighted by atomic mass is 16.3. The maximum Gasteiger partial charge on any atom is 0.163 e. The van der Waals surface area contributed by atoms with Gasteiger partial charge in [-0.05, 0) is 13.8 Å². The summed E-state index contributed by atoms with van der Waals surface area (Å²) in [6.45, 7) is 4.45. The van der Waals surface area contributed by atoms with Gasteiger partial charge in [0.2, 0.25) is 0 Å². The molecule has 0 saturated heterocycles. The van der Waals surface area contributed by atoms with E-state index in [1.165, 1.54) is 0 Å². The standard InChI is InChI=1S/C18H26N4O2/c1-13(23)11-21(3)16-10-17(22(4)12-14(2)24)20-18(19-16)15-8-6-5-7-9-15/h5-10,13-14,23-24H,11-12H2,1-4H3. The van der Waals surface area contributed by atoms with Gasteiger partial charge in [-0.3, -0.25) is 0 Å². The predicted octanol–water partition coefficient (Wildman–Crippen LogP) is 1.78. The number of likely N-dealkylation sites (N-methyl/N-ethyl adjacent to an activating group) is 2. The molecule has 0 aliphatic heterocycles. The Hall–Kier alpha value is -2.18. The van der Waals surface area contributed by atoms with Gasteiger partial charge in [0.15, 0.2) is 5.82 Å². The highest BCUT2D eigenvalue weighted by Crippen LogP contribution is 2.23. The van der Waals surface area contributed by atoms with E-state index >= 15 is 0 Å². The first-order valence-electron chi connectivity index (χ1n) is 8.09. The molecule has 0 aliphatic carbocycles. The van der Waals surface area contributed by atoms with Crippen molar-refractivity contribution in [1.29, 1.82) is 0 Å². The Morgan fingerprint density at radius 2 is 1.33 bits per heavy atom. The third-order valence-corrected chi connectivity index (χ3v) is 3.59. The number of rotatable bonds is 7. The van der Waals surface area contributed by atoms with Gasteiger partial charge in [0.05, 0.1) is 12.2 Å². The Morgan fingerprint density at radius 1 is 0.875 bits per heavy atom. The minimum absolute atomic E-state index is 0.455. The summed E-state index contributed by atoms with van der Waals surface area (Å²) >= 11 is 0. The maximum atomic E-state index is 9.64. The lowest BCUT2D eigenvalue weighted by Crippen LogP contribution is -2.30. The van der Waals surface area contributed by atoms with Crippen molar-refractivity contribution in [3.63, 3.8) is 0 Å². The van der Waals surface area contributed by atoms with Crippen LogP contribution in [0.25, 0.3) is 11.4 Å². The van der Waals surface area contributed by atoms with Crippen LogP contribution >= 0.6 is 0 Å². The van der Waals surface area contributed by atoms with Crippen LogP contribution in [-0.4, -0.2) is 59.6 Å². The minimum atomic E-state index is -0.455. The summed E-state index contributed by atoms with van der Waals surface area (Å²) in [6, 6.07) is 11.6. The third kappa shape index (κ3) is 4.91. The van der Waals surface area contributed by atoms with Crippen LogP contribution in [0.1, 0.15) is 13.8 Å². The Labute approximate surface area is 143 Å². The fourth-order valence-electron chi connectivity index (χ4n) is 2.51. The molecular formula is C18H26N4O2. The second-order valence-electron chi connectivity index (χ2n) is 6.23. The zero-order chi connectivity index (χ0) is 17.7. The molecule has 130 valence electrons. The number of aliphatic hydroxyl groups is 2. The number of aromatic nitrogens is 2. The molecule has 2 rings (SSSR count). The molecule has 2 aromatic rings. The number of aliphatic hydroxyl groups excluding tert-OH is 2. The average molecular weight is 330 g/mol. The van der Waals surface area contributed by atoms with E-state index in [1.54, 1.807) is 13.8 Å². The zero-order valence-corrected chi connectivity index (χ0v) is 14.7. The van der Waals surface area contributed by atoms with Crippen LogP contribution in [0.2, 0.25) is 0 Å². The van der Waals surface area contributed by atoms with Gasteiger partial charge in [-0.15, -0.1) is 0 Å². The fraction of sp³-hybridized carbons (Fsp3) is 0.444. The van der Waals surface area contributed by atoms with Crippen LogP contribution in [-0.2, 0) is 0 Å². The molecule has 24 heavy (non-hydrogen) atoms. The lowest BCUT2D eigenvalue weighted by atomic mass is 10.2. The summed E-state index contributed by atoms with van der Waals surface area (Å²) < 4.78 is 0. The highest BCUT2D eigenvalue weighted by Gasteiger charge is 2.14. The van der Waals surface area contributed by atoms with Gasteiger partial charge in [-0.25, -0.2) is 9.97 Å². The Bertz CT molecular complexity index is 612. The highest BCUT2D eigenvalue weighted by molar-refractivity contribution is 5.62. The van der Waals surface area contributed by atoms with Gasteiger partial charge in [-0.2, -0.15) is 0 Å². The molecule has 2 N–H and O–H groups in total.